The Morgan fingerprint density at radius 3 is 2.80 bits per heavy atom. The first-order valence-corrected chi connectivity index (χ1v) is 13.9. The number of ether oxygens (including phenoxy) is 1. The number of hydrogen-bond acceptors (Lipinski definition) is 8. The summed E-state index contributed by atoms with van der Waals surface area (Å²) in [5.74, 6) is 3.16. The van der Waals surface area contributed by atoms with Crippen LogP contribution in [0.2, 0.25) is 0 Å². The van der Waals surface area contributed by atoms with E-state index in [0.717, 1.165) is 55.8 Å². The van der Waals surface area contributed by atoms with Crippen LogP contribution in [-0.4, -0.2) is 82.3 Å². The summed E-state index contributed by atoms with van der Waals surface area (Å²) in [7, 11) is 4.14. The number of fused-ring (bicyclic) bond motifs is 2. The van der Waals surface area contributed by atoms with Gasteiger partial charge in [-0.25, -0.2) is 0 Å². The summed E-state index contributed by atoms with van der Waals surface area (Å²) in [6.45, 7) is 3.33. The van der Waals surface area contributed by atoms with E-state index in [-0.39, 0.29) is 23.6 Å². The molecule has 6 rings (SSSR count). The highest BCUT2D eigenvalue weighted by molar-refractivity contribution is 6.09. The van der Waals surface area contributed by atoms with Gasteiger partial charge >= 0.3 is 6.01 Å². The summed E-state index contributed by atoms with van der Waals surface area (Å²) in [5.41, 5.74) is 2.69. The molecule has 1 saturated carbocycles. The SMILES string of the molecule is C#Cc1cccc2cc(O)cc(C(=O)N3Cc4nc(OCC5(CN(C)C)CC5)nc(N5CCC[C@@H](O)C5)c4C3)c12. The van der Waals surface area contributed by atoms with Gasteiger partial charge in [-0.1, -0.05) is 18.1 Å². The van der Waals surface area contributed by atoms with E-state index in [1.54, 1.807) is 17.0 Å². The molecule has 2 fully saturated rings. The summed E-state index contributed by atoms with van der Waals surface area (Å²) < 4.78 is 6.21. The molecule has 9 nitrogen and oxygen atoms in total. The van der Waals surface area contributed by atoms with Gasteiger partial charge in [0.2, 0.25) is 0 Å². The van der Waals surface area contributed by atoms with Crippen molar-refractivity contribution in [3.05, 3.63) is 52.7 Å². The zero-order valence-corrected chi connectivity index (χ0v) is 23.1. The number of terminal acetylenes is 1. The lowest BCUT2D eigenvalue weighted by Crippen LogP contribution is -2.39. The van der Waals surface area contributed by atoms with Crippen molar-refractivity contribution in [2.75, 3.05) is 45.2 Å². The van der Waals surface area contributed by atoms with E-state index in [2.05, 4.69) is 29.8 Å². The van der Waals surface area contributed by atoms with Gasteiger partial charge in [0, 0.05) is 41.6 Å². The molecular formula is C31H35N5O4. The van der Waals surface area contributed by atoms with E-state index in [1.807, 2.05) is 12.1 Å². The maximum atomic E-state index is 14.0. The van der Waals surface area contributed by atoms with Gasteiger partial charge in [0.15, 0.2) is 0 Å². The van der Waals surface area contributed by atoms with Gasteiger partial charge in [0.05, 0.1) is 37.1 Å². The molecule has 0 bridgehead atoms. The van der Waals surface area contributed by atoms with Crippen LogP contribution in [0.1, 0.15) is 52.9 Å². The Balaban J connectivity index is 1.33. The molecule has 3 aliphatic rings. The highest BCUT2D eigenvalue weighted by Gasteiger charge is 2.44. The molecule has 9 heteroatoms. The second-order valence-electron chi connectivity index (χ2n) is 11.7. The molecule has 2 aliphatic heterocycles. The predicted octanol–water partition coefficient (Wildman–Crippen LogP) is 3.15. The number of aliphatic hydroxyl groups excluding tert-OH is 1. The van der Waals surface area contributed by atoms with Crippen molar-refractivity contribution in [1.29, 1.82) is 0 Å². The minimum Gasteiger partial charge on any atom is -0.508 e. The summed E-state index contributed by atoms with van der Waals surface area (Å²) in [6.07, 6.45) is 9.17. The number of rotatable bonds is 7. The number of phenols is 1. The van der Waals surface area contributed by atoms with Crippen molar-refractivity contribution < 1.29 is 19.7 Å². The minimum absolute atomic E-state index is 0.00642. The van der Waals surface area contributed by atoms with Gasteiger partial charge in [-0.2, -0.15) is 9.97 Å². The van der Waals surface area contributed by atoms with E-state index < -0.39 is 6.10 Å². The van der Waals surface area contributed by atoms with Crippen LogP contribution in [-0.2, 0) is 13.1 Å². The van der Waals surface area contributed by atoms with Crippen LogP contribution >= 0.6 is 0 Å². The normalized spacial score (nSPS) is 19.5. The van der Waals surface area contributed by atoms with E-state index in [1.165, 1.54) is 6.07 Å². The molecule has 208 valence electrons. The van der Waals surface area contributed by atoms with Crippen LogP contribution in [0.25, 0.3) is 10.8 Å². The Bertz CT molecular complexity index is 1510. The van der Waals surface area contributed by atoms with Crippen LogP contribution in [0, 0.1) is 17.8 Å². The maximum Gasteiger partial charge on any atom is 0.318 e. The van der Waals surface area contributed by atoms with Crippen LogP contribution in [0.4, 0.5) is 5.82 Å². The Kier molecular flexibility index (Phi) is 6.77. The number of nitrogens with zero attached hydrogens (tertiary/aromatic N) is 5. The molecule has 40 heavy (non-hydrogen) atoms. The van der Waals surface area contributed by atoms with Gasteiger partial charge in [-0.3, -0.25) is 4.79 Å². The van der Waals surface area contributed by atoms with Crippen molar-refractivity contribution in [3.8, 4) is 24.1 Å². The quantitative estimate of drug-likeness (QED) is 0.440. The molecule has 1 aromatic heterocycles. The smallest absolute Gasteiger partial charge is 0.318 e. The molecule has 3 heterocycles. The number of amides is 1. The number of carbonyl (C=O) groups is 1. The highest BCUT2D eigenvalue weighted by Crippen LogP contribution is 2.46. The molecule has 1 aliphatic carbocycles. The van der Waals surface area contributed by atoms with Crippen LogP contribution < -0.4 is 9.64 Å². The van der Waals surface area contributed by atoms with Crippen molar-refractivity contribution in [2.45, 2.75) is 44.9 Å². The lowest BCUT2D eigenvalue weighted by molar-refractivity contribution is 0.0751. The molecule has 0 spiro atoms. The zero-order chi connectivity index (χ0) is 28.0. The first-order chi connectivity index (χ1) is 19.2. The molecule has 1 amide bonds. The minimum atomic E-state index is -0.432. The molecule has 1 atom stereocenters. The number of carbonyl (C=O) groups excluding carboxylic acids is 1. The first-order valence-electron chi connectivity index (χ1n) is 13.9. The number of piperidine rings is 1. The molecule has 3 aromatic rings. The number of phenolic OH excluding ortho intramolecular Hbond substituents is 1. The number of aromatic hydroxyl groups is 1. The van der Waals surface area contributed by atoms with Gasteiger partial charge in [0.25, 0.3) is 5.91 Å². The Morgan fingerprint density at radius 2 is 2.08 bits per heavy atom. The van der Waals surface area contributed by atoms with Crippen LogP contribution in [0.3, 0.4) is 0 Å². The summed E-state index contributed by atoms with van der Waals surface area (Å²) >= 11 is 0. The maximum absolute atomic E-state index is 14.0. The van der Waals surface area contributed by atoms with Crippen LogP contribution in [0.5, 0.6) is 11.8 Å². The molecule has 0 radical (unpaired) electrons. The molecule has 2 aromatic carbocycles. The number of aliphatic hydroxyl groups is 1. The van der Waals surface area contributed by atoms with Crippen molar-refractivity contribution >= 4 is 22.5 Å². The topological polar surface area (TPSA) is 102 Å². The van der Waals surface area contributed by atoms with E-state index in [4.69, 9.17) is 21.1 Å². The van der Waals surface area contributed by atoms with Crippen LogP contribution in [0.15, 0.2) is 30.3 Å². The van der Waals surface area contributed by atoms with Crippen molar-refractivity contribution in [1.82, 2.24) is 19.8 Å². The molecule has 0 unspecified atom stereocenters. The number of hydrogen-bond donors (Lipinski definition) is 2. The number of benzene rings is 2. The summed E-state index contributed by atoms with van der Waals surface area (Å²) in [5, 5.41) is 22.2. The zero-order valence-electron chi connectivity index (χ0n) is 23.1. The fraction of sp³-hybridized carbons (Fsp3) is 0.452. The predicted molar refractivity (Wildman–Crippen MR) is 152 cm³/mol. The third kappa shape index (κ3) is 5.05. The van der Waals surface area contributed by atoms with E-state index in [0.29, 0.717) is 47.6 Å². The Hall–Kier alpha value is -3.87. The van der Waals surface area contributed by atoms with E-state index in [9.17, 15) is 15.0 Å². The third-order valence-electron chi connectivity index (χ3n) is 8.19. The molecular weight excluding hydrogens is 506 g/mol. The van der Waals surface area contributed by atoms with E-state index >= 15 is 0 Å². The first kappa shape index (κ1) is 26.4. The van der Waals surface area contributed by atoms with Gasteiger partial charge < -0.3 is 29.6 Å². The third-order valence-corrected chi connectivity index (χ3v) is 8.19. The number of aromatic nitrogens is 2. The Labute approximate surface area is 234 Å². The van der Waals surface area contributed by atoms with Gasteiger partial charge in [0.1, 0.15) is 11.6 Å². The fourth-order valence-corrected chi connectivity index (χ4v) is 6.12. The van der Waals surface area contributed by atoms with Gasteiger partial charge in [-0.05, 0) is 63.4 Å². The number of β-amino-alcohol motifs (C(OH)–C–C–N with tert-alkyl or cyclic N) is 1. The second kappa shape index (κ2) is 10.3. The molecule has 1 saturated heterocycles. The monoisotopic (exact) mass is 541 g/mol. The largest absolute Gasteiger partial charge is 0.508 e. The average Bonchev–Trinajstić information content (AvgIpc) is 3.55. The van der Waals surface area contributed by atoms with Crippen molar-refractivity contribution in [2.24, 2.45) is 5.41 Å². The molecule has 2 N–H and O–H groups in total. The highest BCUT2D eigenvalue weighted by atomic mass is 16.5. The summed E-state index contributed by atoms with van der Waals surface area (Å²) in [6, 6.07) is 8.86. The standard InChI is InChI=1S/C31H35N5O4/c1-4-20-7-5-8-21-13-23(38)14-24(27(20)21)29(39)36-16-25-26(17-36)32-30(40-19-31(10-11-31)18-34(2)3)33-28(25)35-12-6-9-22(37)15-35/h1,5,7-8,13-14,22,37-38H,6,9-12,15-19H2,2-3H3/t22-/m1/s1. The lowest BCUT2D eigenvalue weighted by atomic mass is 9.98. The number of anilines is 1. The van der Waals surface area contributed by atoms with Gasteiger partial charge in [-0.15, -0.1) is 6.42 Å². The fourth-order valence-electron chi connectivity index (χ4n) is 6.12. The second-order valence-corrected chi connectivity index (χ2v) is 11.7. The average molecular weight is 542 g/mol. The Morgan fingerprint density at radius 1 is 1.25 bits per heavy atom. The lowest BCUT2D eigenvalue weighted by Gasteiger charge is -2.32. The summed E-state index contributed by atoms with van der Waals surface area (Å²) in [4.78, 5) is 29.5. The van der Waals surface area contributed by atoms with Crippen molar-refractivity contribution in [3.63, 3.8) is 0 Å².